The van der Waals surface area contributed by atoms with E-state index in [0.717, 1.165) is 19.0 Å². The summed E-state index contributed by atoms with van der Waals surface area (Å²) in [6.07, 6.45) is -1.08. The summed E-state index contributed by atoms with van der Waals surface area (Å²) in [4.78, 5) is 23.6. The molecule has 0 amide bonds. The van der Waals surface area contributed by atoms with Gasteiger partial charge < -0.3 is 25.7 Å². The molecular weight excluding hydrogens is 396 g/mol. The zero-order valence-electron chi connectivity index (χ0n) is 17.1. The molecule has 0 aliphatic carbocycles. The molecule has 5 N–H and O–H groups in total. The van der Waals surface area contributed by atoms with Crippen molar-refractivity contribution in [1.82, 2.24) is 10.2 Å². The topological polar surface area (TPSA) is 130 Å². The fourth-order valence-corrected chi connectivity index (χ4v) is 3.69. The molecule has 0 bridgehead atoms. The summed E-state index contributed by atoms with van der Waals surface area (Å²) in [5.74, 6) is -2.81. The van der Waals surface area contributed by atoms with Crippen molar-refractivity contribution in [2.45, 2.75) is 50.0 Å². The number of carbonyl (C=O) groups is 2. The van der Waals surface area contributed by atoms with Gasteiger partial charge in [-0.25, -0.2) is 9.59 Å². The number of aliphatic hydroxyl groups is 2. The van der Waals surface area contributed by atoms with Crippen LogP contribution in [0, 0.1) is 5.92 Å². The van der Waals surface area contributed by atoms with Gasteiger partial charge in [-0.2, -0.15) is 0 Å². The molecule has 0 spiro atoms. The number of nitrogens with one attached hydrogen (secondary N) is 1. The summed E-state index contributed by atoms with van der Waals surface area (Å²) in [6.45, 7) is 9.22. The first-order valence-corrected chi connectivity index (χ1v) is 10.8. The van der Waals surface area contributed by atoms with Crippen LogP contribution < -0.4 is 5.32 Å². The predicted molar refractivity (Wildman–Crippen MR) is 112 cm³/mol. The maximum Gasteiger partial charge on any atom is 0.335 e. The molecule has 1 fully saturated rings. The summed E-state index contributed by atoms with van der Waals surface area (Å²) in [5.41, 5.74) is 1.47. The van der Waals surface area contributed by atoms with Crippen LogP contribution in [0.25, 0.3) is 0 Å². The molecule has 9 heteroatoms. The van der Waals surface area contributed by atoms with Gasteiger partial charge in [0.05, 0.1) is 0 Å². The second-order valence-electron chi connectivity index (χ2n) is 7.35. The molecule has 164 valence electrons. The van der Waals surface area contributed by atoms with Crippen molar-refractivity contribution >= 4 is 23.7 Å². The molecule has 1 aliphatic rings. The second kappa shape index (κ2) is 12.8. The SMILES string of the molecule is CSc1ccccc1CN(CC(C)C)[C@H]1CCNC1.O=C(O)C(O)C(O)C(=O)O. The fraction of sp³-hybridized carbons (Fsp3) is 0.600. The normalized spacial score (nSPS) is 18.2. The number of hydrogen-bond donors (Lipinski definition) is 5. The summed E-state index contributed by atoms with van der Waals surface area (Å²) >= 11 is 1.86. The standard InChI is InChI=1S/C16H26N2S.C4H6O6/c1-13(2)11-18(15-8-9-17-10-15)12-14-6-4-5-7-16(14)19-3;5-1(3(7)8)2(6)4(9)10/h4-7,13,15,17H,8-12H2,1-3H3;1-2,5-6H,(H,7,8)(H,9,10)/t15-;/m0./s1. The van der Waals surface area contributed by atoms with Gasteiger partial charge >= 0.3 is 11.9 Å². The second-order valence-corrected chi connectivity index (χ2v) is 8.20. The summed E-state index contributed by atoms with van der Waals surface area (Å²) in [6, 6.07) is 9.52. The van der Waals surface area contributed by atoms with E-state index in [-0.39, 0.29) is 0 Å². The zero-order valence-corrected chi connectivity index (χ0v) is 17.9. The van der Waals surface area contributed by atoms with Crippen molar-refractivity contribution in [2.75, 3.05) is 25.9 Å². The predicted octanol–water partition coefficient (Wildman–Crippen LogP) is 1.11. The molecule has 0 saturated carbocycles. The number of aliphatic carboxylic acids is 2. The number of rotatable bonds is 9. The molecular formula is C20H32N2O6S. The van der Waals surface area contributed by atoms with E-state index in [2.05, 4.69) is 54.6 Å². The average molecular weight is 429 g/mol. The Morgan fingerprint density at radius 2 is 1.76 bits per heavy atom. The third-order valence-corrected chi connectivity index (χ3v) is 5.36. The van der Waals surface area contributed by atoms with Gasteiger partial charge in [0, 0.05) is 30.6 Å². The van der Waals surface area contributed by atoms with Gasteiger partial charge in [-0.05, 0) is 36.8 Å². The monoisotopic (exact) mass is 428 g/mol. The molecule has 1 heterocycles. The van der Waals surface area contributed by atoms with E-state index in [1.165, 1.54) is 30.0 Å². The Morgan fingerprint density at radius 1 is 1.17 bits per heavy atom. The highest BCUT2D eigenvalue weighted by Crippen LogP contribution is 2.23. The number of nitrogens with zero attached hydrogens (tertiary/aromatic N) is 1. The molecule has 3 atom stereocenters. The Hall–Kier alpha value is -1.65. The van der Waals surface area contributed by atoms with Crippen molar-refractivity contribution in [1.29, 1.82) is 0 Å². The minimum Gasteiger partial charge on any atom is -0.479 e. The van der Waals surface area contributed by atoms with Crippen LogP contribution in [-0.2, 0) is 16.1 Å². The van der Waals surface area contributed by atoms with Crippen molar-refractivity contribution in [3.05, 3.63) is 29.8 Å². The first-order valence-electron chi connectivity index (χ1n) is 9.55. The van der Waals surface area contributed by atoms with Crippen molar-refractivity contribution < 1.29 is 30.0 Å². The van der Waals surface area contributed by atoms with E-state index < -0.39 is 24.1 Å². The molecule has 1 aliphatic heterocycles. The molecule has 0 radical (unpaired) electrons. The Morgan fingerprint density at radius 3 is 2.21 bits per heavy atom. The maximum absolute atomic E-state index is 9.77. The molecule has 1 aromatic carbocycles. The number of carboxylic acids is 2. The highest BCUT2D eigenvalue weighted by molar-refractivity contribution is 7.98. The van der Waals surface area contributed by atoms with Gasteiger partial charge in [-0.15, -0.1) is 11.8 Å². The summed E-state index contributed by atoms with van der Waals surface area (Å²) in [5, 5.41) is 36.0. The van der Waals surface area contributed by atoms with Crippen LogP contribution in [0.2, 0.25) is 0 Å². The zero-order chi connectivity index (χ0) is 22.0. The van der Waals surface area contributed by atoms with Crippen LogP contribution in [0.5, 0.6) is 0 Å². The minimum atomic E-state index is -2.27. The van der Waals surface area contributed by atoms with Crippen LogP contribution in [-0.4, -0.2) is 81.4 Å². The summed E-state index contributed by atoms with van der Waals surface area (Å²) < 4.78 is 0. The molecule has 2 unspecified atom stereocenters. The summed E-state index contributed by atoms with van der Waals surface area (Å²) in [7, 11) is 0. The first kappa shape index (κ1) is 25.4. The third-order valence-electron chi connectivity index (χ3n) is 4.52. The number of hydrogen-bond acceptors (Lipinski definition) is 7. The van der Waals surface area contributed by atoms with Crippen LogP contribution in [0.3, 0.4) is 0 Å². The van der Waals surface area contributed by atoms with Crippen molar-refractivity contribution in [2.24, 2.45) is 5.92 Å². The van der Waals surface area contributed by atoms with Gasteiger partial charge in [-0.3, -0.25) is 4.90 Å². The smallest absolute Gasteiger partial charge is 0.335 e. The van der Waals surface area contributed by atoms with Gasteiger partial charge in [-0.1, -0.05) is 32.0 Å². The first-order chi connectivity index (χ1) is 13.7. The van der Waals surface area contributed by atoms with Gasteiger partial charge in [0.15, 0.2) is 12.2 Å². The Kier molecular flexibility index (Phi) is 11.2. The highest BCUT2D eigenvalue weighted by Gasteiger charge is 2.29. The van der Waals surface area contributed by atoms with Gasteiger partial charge in [0.2, 0.25) is 0 Å². The van der Waals surface area contributed by atoms with E-state index in [4.69, 9.17) is 20.4 Å². The third kappa shape index (κ3) is 8.71. The van der Waals surface area contributed by atoms with Crippen LogP contribution in [0.4, 0.5) is 0 Å². The molecule has 1 aromatic rings. The Bertz CT molecular complexity index is 634. The number of benzene rings is 1. The lowest BCUT2D eigenvalue weighted by atomic mass is 10.1. The van der Waals surface area contributed by atoms with Gasteiger partial charge in [0.25, 0.3) is 0 Å². The van der Waals surface area contributed by atoms with E-state index >= 15 is 0 Å². The lowest BCUT2D eigenvalue weighted by molar-refractivity contribution is -0.165. The average Bonchev–Trinajstić information content (AvgIpc) is 3.21. The molecule has 29 heavy (non-hydrogen) atoms. The molecule has 1 saturated heterocycles. The maximum atomic E-state index is 9.77. The van der Waals surface area contributed by atoms with Gasteiger partial charge in [0.1, 0.15) is 0 Å². The Labute approximate surface area is 175 Å². The van der Waals surface area contributed by atoms with Crippen molar-refractivity contribution in [3.63, 3.8) is 0 Å². The van der Waals surface area contributed by atoms with Crippen LogP contribution in [0.1, 0.15) is 25.8 Å². The lowest BCUT2D eigenvalue weighted by Gasteiger charge is -2.30. The minimum absolute atomic E-state index is 0.706. The largest absolute Gasteiger partial charge is 0.479 e. The molecule has 2 rings (SSSR count). The van der Waals surface area contributed by atoms with Crippen LogP contribution in [0.15, 0.2) is 29.2 Å². The van der Waals surface area contributed by atoms with E-state index in [9.17, 15) is 9.59 Å². The lowest BCUT2D eigenvalue weighted by Crippen LogP contribution is -2.39. The van der Waals surface area contributed by atoms with Crippen molar-refractivity contribution in [3.8, 4) is 0 Å². The quantitative estimate of drug-likeness (QED) is 0.367. The molecule has 8 nitrogen and oxygen atoms in total. The molecule has 0 aromatic heterocycles. The van der Waals surface area contributed by atoms with E-state index in [1.54, 1.807) is 0 Å². The fourth-order valence-electron chi connectivity index (χ4n) is 3.09. The van der Waals surface area contributed by atoms with Crippen LogP contribution >= 0.6 is 11.8 Å². The number of aliphatic hydroxyl groups excluding tert-OH is 2. The van der Waals surface area contributed by atoms with E-state index in [1.807, 2.05) is 11.8 Å². The number of thioether (sulfide) groups is 1. The van der Waals surface area contributed by atoms with E-state index in [0.29, 0.717) is 6.04 Å². The number of carboxylic acid groups (broad SMARTS) is 2. The Balaban J connectivity index is 0.000000359. The highest BCUT2D eigenvalue weighted by atomic mass is 32.2.